The smallest absolute Gasteiger partial charge is 0.331 e. The number of ether oxygens (including phenoxy) is 5. The highest BCUT2D eigenvalue weighted by atomic mass is 16.7. The van der Waals surface area contributed by atoms with Crippen LogP contribution in [0.25, 0.3) is 0 Å². The van der Waals surface area contributed by atoms with Crippen LogP contribution in [0.5, 0.6) is 11.5 Å². The SMILES string of the molecule is COc1ccnc(C(=O)N[C@H]2COC[C@H](CCC(C)C)[C@@H](CCC(C)C)[C@H](C)OC2=O)c1OCOC(C)=O. The molecule has 38 heavy (non-hydrogen) atoms. The molecule has 1 aliphatic heterocycles. The van der Waals surface area contributed by atoms with Crippen molar-refractivity contribution in [3.63, 3.8) is 0 Å². The maximum absolute atomic E-state index is 13.2. The van der Waals surface area contributed by atoms with Gasteiger partial charge in [-0.1, -0.05) is 40.5 Å². The Bertz CT molecular complexity index is 920. The minimum absolute atomic E-state index is 0.0121. The highest BCUT2D eigenvalue weighted by Crippen LogP contribution is 2.32. The Hall–Kier alpha value is -2.88. The lowest BCUT2D eigenvalue weighted by Crippen LogP contribution is -2.46. The van der Waals surface area contributed by atoms with Crippen LogP contribution >= 0.6 is 0 Å². The van der Waals surface area contributed by atoms with Crippen molar-refractivity contribution < 1.29 is 38.1 Å². The summed E-state index contributed by atoms with van der Waals surface area (Å²) in [5, 5.41) is 2.68. The summed E-state index contributed by atoms with van der Waals surface area (Å²) >= 11 is 0. The van der Waals surface area contributed by atoms with Gasteiger partial charge in [-0.3, -0.25) is 9.59 Å². The lowest BCUT2D eigenvalue weighted by atomic mass is 9.80. The monoisotopic (exact) mass is 536 g/mol. The van der Waals surface area contributed by atoms with Gasteiger partial charge in [0.05, 0.1) is 13.7 Å². The van der Waals surface area contributed by atoms with Gasteiger partial charge in [-0.25, -0.2) is 9.78 Å². The maximum Gasteiger partial charge on any atom is 0.331 e. The summed E-state index contributed by atoms with van der Waals surface area (Å²) < 4.78 is 27.5. The number of rotatable bonds is 12. The molecule has 2 rings (SSSR count). The first-order valence-electron chi connectivity index (χ1n) is 13.4. The normalized spacial score (nSPS) is 22.2. The second-order valence-corrected chi connectivity index (χ2v) is 10.7. The summed E-state index contributed by atoms with van der Waals surface area (Å²) in [5.74, 6) is -0.0607. The third-order valence-corrected chi connectivity index (χ3v) is 6.68. The Morgan fingerprint density at radius 2 is 1.82 bits per heavy atom. The quantitative estimate of drug-likeness (QED) is 0.310. The number of carbonyl (C=O) groups excluding carboxylic acids is 3. The van der Waals surface area contributed by atoms with Crippen molar-refractivity contribution in [3.8, 4) is 11.5 Å². The molecule has 1 aromatic heterocycles. The number of carbonyl (C=O) groups is 3. The largest absolute Gasteiger partial charge is 0.493 e. The van der Waals surface area contributed by atoms with E-state index in [0.29, 0.717) is 18.4 Å². The number of amides is 1. The Balaban J connectivity index is 2.21. The third-order valence-electron chi connectivity index (χ3n) is 6.68. The standard InChI is InChI=1S/C28H44N2O8/c1-17(2)8-10-21-14-35-15-23(28(33)38-19(5)22(21)11-9-18(3)4)30-27(32)25-26(37-16-36-20(6)31)24(34-7)12-13-29-25/h12-13,17-19,21-23H,8-11,14-16H2,1-7H3,(H,30,32)/t19-,21-,22-,23-/m0/s1. The van der Waals surface area contributed by atoms with Crippen molar-refractivity contribution in [2.75, 3.05) is 27.1 Å². The summed E-state index contributed by atoms with van der Waals surface area (Å²) in [5.41, 5.74) is -0.123. The number of pyridine rings is 1. The van der Waals surface area contributed by atoms with Gasteiger partial charge in [0.1, 0.15) is 6.10 Å². The van der Waals surface area contributed by atoms with Gasteiger partial charge < -0.3 is 29.0 Å². The highest BCUT2D eigenvalue weighted by molar-refractivity contribution is 5.98. The molecule has 0 aliphatic carbocycles. The topological polar surface area (TPSA) is 122 Å². The maximum atomic E-state index is 13.2. The number of hydrogen-bond donors (Lipinski definition) is 1. The molecule has 10 heteroatoms. The summed E-state index contributed by atoms with van der Waals surface area (Å²) in [6.45, 7) is 12.0. The van der Waals surface area contributed by atoms with Gasteiger partial charge in [-0.05, 0) is 37.5 Å². The molecule has 10 nitrogen and oxygen atoms in total. The van der Waals surface area contributed by atoms with Gasteiger partial charge in [-0.15, -0.1) is 0 Å². The van der Waals surface area contributed by atoms with E-state index in [2.05, 4.69) is 38.0 Å². The molecule has 0 bridgehead atoms. The molecule has 1 amide bonds. The van der Waals surface area contributed by atoms with Crippen LogP contribution in [0.15, 0.2) is 12.3 Å². The van der Waals surface area contributed by atoms with E-state index < -0.39 is 30.7 Å². The lowest BCUT2D eigenvalue weighted by Gasteiger charge is -2.31. The van der Waals surface area contributed by atoms with Crippen molar-refractivity contribution >= 4 is 17.8 Å². The lowest BCUT2D eigenvalue weighted by molar-refractivity contribution is -0.154. The zero-order chi connectivity index (χ0) is 28.2. The van der Waals surface area contributed by atoms with Crippen molar-refractivity contribution in [3.05, 3.63) is 18.0 Å². The summed E-state index contributed by atoms with van der Waals surface area (Å²) in [6.07, 6.45) is 5.07. The van der Waals surface area contributed by atoms with Crippen molar-refractivity contribution in [2.24, 2.45) is 23.7 Å². The average Bonchev–Trinajstić information content (AvgIpc) is 2.89. The molecule has 0 aromatic carbocycles. The van der Waals surface area contributed by atoms with Gasteiger partial charge in [0.15, 0.2) is 23.2 Å². The van der Waals surface area contributed by atoms with E-state index in [9.17, 15) is 14.4 Å². The molecular weight excluding hydrogens is 492 g/mol. The van der Waals surface area contributed by atoms with Gasteiger partial charge in [0, 0.05) is 31.7 Å². The molecule has 214 valence electrons. The highest BCUT2D eigenvalue weighted by Gasteiger charge is 2.35. The van der Waals surface area contributed by atoms with E-state index in [1.165, 1.54) is 26.3 Å². The van der Waals surface area contributed by atoms with Crippen molar-refractivity contribution in [2.45, 2.75) is 79.4 Å². The van der Waals surface area contributed by atoms with E-state index in [1.54, 1.807) is 0 Å². The number of nitrogens with one attached hydrogen (secondary N) is 1. The van der Waals surface area contributed by atoms with Crippen LogP contribution in [-0.4, -0.2) is 62.1 Å². The van der Waals surface area contributed by atoms with Gasteiger partial charge >= 0.3 is 11.9 Å². The molecule has 1 fully saturated rings. The fourth-order valence-electron chi connectivity index (χ4n) is 4.50. The molecule has 2 heterocycles. The number of nitrogens with zero attached hydrogens (tertiary/aromatic N) is 1. The van der Waals surface area contributed by atoms with E-state index >= 15 is 0 Å². The minimum atomic E-state index is -1.03. The summed E-state index contributed by atoms with van der Waals surface area (Å²) in [6, 6.07) is 0.474. The van der Waals surface area contributed by atoms with Crippen LogP contribution < -0.4 is 14.8 Å². The molecule has 1 aromatic rings. The molecule has 0 radical (unpaired) electrons. The minimum Gasteiger partial charge on any atom is -0.493 e. The van der Waals surface area contributed by atoms with Crippen molar-refractivity contribution in [1.82, 2.24) is 10.3 Å². The van der Waals surface area contributed by atoms with Gasteiger partial charge in [0.2, 0.25) is 6.79 Å². The number of esters is 2. The predicted octanol–water partition coefficient (Wildman–Crippen LogP) is 4.15. The molecule has 1 saturated heterocycles. The number of hydrogen-bond acceptors (Lipinski definition) is 9. The fourth-order valence-corrected chi connectivity index (χ4v) is 4.50. The van der Waals surface area contributed by atoms with Crippen LogP contribution in [0.4, 0.5) is 0 Å². The Labute approximate surface area is 226 Å². The van der Waals surface area contributed by atoms with Crippen LogP contribution in [-0.2, 0) is 23.8 Å². The summed E-state index contributed by atoms with van der Waals surface area (Å²) in [7, 11) is 1.41. The van der Waals surface area contributed by atoms with Crippen LogP contribution in [0, 0.1) is 23.7 Å². The van der Waals surface area contributed by atoms with Crippen molar-refractivity contribution in [1.29, 1.82) is 0 Å². The predicted molar refractivity (Wildman–Crippen MR) is 141 cm³/mol. The van der Waals surface area contributed by atoms with Crippen LogP contribution in [0.2, 0.25) is 0 Å². The fraction of sp³-hybridized carbons (Fsp3) is 0.714. The first-order valence-corrected chi connectivity index (χ1v) is 13.4. The molecule has 1 aliphatic rings. The second-order valence-electron chi connectivity index (χ2n) is 10.7. The first-order chi connectivity index (χ1) is 18.0. The molecular formula is C28H44N2O8. The number of aromatic nitrogens is 1. The van der Waals surface area contributed by atoms with E-state index in [-0.39, 0.29) is 41.7 Å². The van der Waals surface area contributed by atoms with Crippen LogP contribution in [0.1, 0.15) is 77.7 Å². The average molecular weight is 537 g/mol. The Kier molecular flexibility index (Phi) is 12.8. The van der Waals surface area contributed by atoms with E-state index in [0.717, 1.165) is 25.7 Å². The zero-order valence-corrected chi connectivity index (χ0v) is 23.8. The van der Waals surface area contributed by atoms with Gasteiger partial charge in [-0.2, -0.15) is 0 Å². The third kappa shape index (κ3) is 9.78. The molecule has 0 saturated carbocycles. The van der Waals surface area contributed by atoms with E-state index in [4.69, 9.17) is 23.7 Å². The first kappa shape index (κ1) is 31.3. The molecule has 1 N–H and O–H groups in total. The Morgan fingerprint density at radius 3 is 2.45 bits per heavy atom. The second kappa shape index (κ2) is 15.5. The molecule has 4 atom stereocenters. The van der Waals surface area contributed by atoms with Crippen LogP contribution in [0.3, 0.4) is 0 Å². The van der Waals surface area contributed by atoms with E-state index in [1.807, 2.05) is 6.92 Å². The molecule has 0 unspecified atom stereocenters. The van der Waals surface area contributed by atoms with Gasteiger partial charge in [0.25, 0.3) is 5.91 Å². The number of methoxy groups -OCH3 is 1. The zero-order valence-electron chi connectivity index (χ0n) is 23.8. The summed E-state index contributed by atoms with van der Waals surface area (Å²) in [4.78, 5) is 41.6. The molecule has 0 spiro atoms. The number of cyclic esters (lactones) is 1. The Morgan fingerprint density at radius 1 is 1.13 bits per heavy atom.